The van der Waals surface area contributed by atoms with Crippen molar-refractivity contribution >= 4 is 16.8 Å². The van der Waals surface area contributed by atoms with E-state index in [0.29, 0.717) is 18.6 Å². The Balaban J connectivity index is 2.17. The Bertz CT molecular complexity index is 468. The molecule has 2 nitrogen and oxygen atoms in total. The molecule has 2 rings (SSSR count). The number of ketones is 1. The minimum absolute atomic E-state index is 0.306. The summed E-state index contributed by atoms with van der Waals surface area (Å²) in [5.41, 5.74) is 1.95. The first-order valence-electron chi connectivity index (χ1n) is 5.27. The number of hydrogen-bond donors (Lipinski definition) is 0. The van der Waals surface area contributed by atoms with Gasteiger partial charge in [0.15, 0.2) is 0 Å². The van der Waals surface area contributed by atoms with Crippen molar-refractivity contribution in [3.05, 3.63) is 36.1 Å². The summed E-state index contributed by atoms with van der Waals surface area (Å²) in [6.45, 7) is 2.02. The third kappa shape index (κ3) is 2.27. The summed E-state index contributed by atoms with van der Waals surface area (Å²) in [5, 5.41) is 1.07. The maximum Gasteiger partial charge on any atom is 0.137 e. The predicted octanol–water partition coefficient (Wildman–Crippen LogP) is 3.34. The lowest BCUT2D eigenvalue weighted by Gasteiger charge is -1.99. The summed E-state index contributed by atoms with van der Waals surface area (Å²) in [5.74, 6) is 0.306. The van der Waals surface area contributed by atoms with Gasteiger partial charge in [-0.25, -0.2) is 0 Å². The van der Waals surface area contributed by atoms with Crippen LogP contribution < -0.4 is 0 Å². The molecule has 0 radical (unpaired) electrons. The van der Waals surface area contributed by atoms with E-state index in [1.54, 1.807) is 6.26 Å². The fourth-order valence-corrected chi connectivity index (χ4v) is 1.72. The normalized spacial score (nSPS) is 10.7. The molecule has 0 saturated heterocycles. The topological polar surface area (TPSA) is 30.2 Å². The van der Waals surface area contributed by atoms with Gasteiger partial charge in [-0.05, 0) is 30.2 Å². The Labute approximate surface area is 88.9 Å². The first kappa shape index (κ1) is 9.97. The van der Waals surface area contributed by atoms with Crippen LogP contribution in [0, 0.1) is 0 Å². The van der Waals surface area contributed by atoms with E-state index in [9.17, 15) is 4.79 Å². The van der Waals surface area contributed by atoms with E-state index >= 15 is 0 Å². The summed E-state index contributed by atoms with van der Waals surface area (Å²) in [6, 6.07) is 7.82. The second-order valence-corrected chi connectivity index (χ2v) is 3.76. The average molecular weight is 202 g/mol. The molecule has 0 bridgehead atoms. The Hall–Kier alpha value is -1.57. The Morgan fingerprint density at radius 1 is 1.33 bits per heavy atom. The molecular formula is C13H14O2. The zero-order chi connectivity index (χ0) is 10.7. The summed E-state index contributed by atoms with van der Waals surface area (Å²) >= 11 is 0. The van der Waals surface area contributed by atoms with Crippen LogP contribution in [0.2, 0.25) is 0 Å². The van der Waals surface area contributed by atoms with Gasteiger partial charge in [0.25, 0.3) is 0 Å². The molecule has 2 heteroatoms. The number of benzene rings is 1. The first-order valence-corrected chi connectivity index (χ1v) is 5.27. The number of hydrogen-bond acceptors (Lipinski definition) is 2. The van der Waals surface area contributed by atoms with Gasteiger partial charge in [-0.15, -0.1) is 0 Å². The minimum atomic E-state index is 0.306. The van der Waals surface area contributed by atoms with Gasteiger partial charge >= 0.3 is 0 Å². The van der Waals surface area contributed by atoms with Crippen molar-refractivity contribution in [3.63, 3.8) is 0 Å². The van der Waals surface area contributed by atoms with E-state index < -0.39 is 0 Å². The van der Waals surface area contributed by atoms with E-state index in [4.69, 9.17) is 4.42 Å². The standard InChI is InChI=1S/C13H14O2/c1-2-3-12(14)9-10-4-5-13-11(8-10)6-7-15-13/h4-8H,2-3,9H2,1H3. The van der Waals surface area contributed by atoms with Crippen molar-refractivity contribution < 1.29 is 9.21 Å². The van der Waals surface area contributed by atoms with Crippen LogP contribution in [-0.2, 0) is 11.2 Å². The molecule has 0 fully saturated rings. The Morgan fingerprint density at radius 3 is 3.00 bits per heavy atom. The highest BCUT2D eigenvalue weighted by Crippen LogP contribution is 2.17. The van der Waals surface area contributed by atoms with Crippen LogP contribution in [-0.4, -0.2) is 5.78 Å². The maximum absolute atomic E-state index is 11.5. The number of fused-ring (bicyclic) bond motifs is 1. The predicted molar refractivity (Wildman–Crippen MR) is 59.8 cm³/mol. The minimum Gasteiger partial charge on any atom is -0.464 e. The van der Waals surface area contributed by atoms with Crippen molar-refractivity contribution in [2.45, 2.75) is 26.2 Å². The quantitative estimate of drug-likeness (QED) is 0.761. The van der Waals surface area contributed by atoms with Gasteiger partial charge < -0.3 is 4.42 Å². The summed E-state index contributed by atoms with van der Waals surface area (Å²) in [7, 11) is 0. The third-order valence-corrected chi connectivity index (χ3v) is 2.45. The number of carbonyl (C=O) groups excluding carboxylic acids is 1. The number of rotatable bonds is 4. The highest BCUT2D eigenvalue weighted by molar-refractivity contribution is 5.83. The molecule has 0 saturated carbocycles. The highest BCUT2D eigenvalue weighted by atomic mass is 16.3. The van der Waals surface area contributed by atoms with Crippen molar-refractivity contribution in [1.82, 2.24) is 0 Å². The molecule has 1 heterocycles. The molecule has 0 atom stereocenters. The molecule has 1 aromatic heterocycles. The highest BCUT2D eigenvalue weighted by Gasteiger charge is 2.04. The third-order valence-electron chi connectivity index (χ3n) is 2.45. The van der Waals surface area contributed by atoms with Crippen molar-refractivity contribution in [3.8, 4) is 0 Å². The zero-order valence-electron chi connectivity index (χ0n) is 8.82. The van der Waals surface area contributed by atoms with Crippen LogP contribution in [0.5, 0.6) is 0 Å². The smallest absolute Gasteiger partial charge is 0.137 e. The van der Waals surface area contributed by atoms with E-state index in [1.807, 2.05) is 31.2 Å². The summed E-state index contributed by atoms with van der Waals surface area (Å²) in [6.07, 6.45) is 3.80. The van der Waals surface area contributed by atoms with Crippen LogP contribution in [0.15, 0.2) is 34.9 Å². The molecule has 0 unspecified atom stereocenters. The van der Waals surface area contributed by atoms with Crippen LogP contribution in [0.4, 0.5) is 0 Å². The number of carbonyl (C=O) groups is 1. The van der Waals surface area contributed by atoms with Gasteiger partial charge in [0.2, 0.25) is 0 Å². The lowest BCUT2D eigenvalue weighted by molar-refractivity contribution is -0.118. The molecule has 1 aromatic carbocycles. The van der Waals surface area contributed by atoms with Crippen LogP contribution in [0.3, 0.4) is 0 Å². The molecule has 2 aromatic rings. The SMILES string of the molecule is CCCC(=O)Cc1ccc2occc2c1. The molecule has 0 aliphatic heterocycles. The largest absolute Gasteiger partial charge is 0.464 e. The molecule has 0 N–H and O–H groups in total. The van der Waals surface area contributed by atoms with Crippen molar-refractivity contribution in [1.29, 1.82) is 0 Å². The van der Waals surface area contributed by atoms with E-state index in [2.05, 4.69) is 0 Å². The first-order chi connectivity index (χ1) is 7.29. The van der Waals surface area contributed by atoms with Crippen LogP contribution in [0.1, 0.15) is 25.3 Å². The van der Waals surface area contributed by atoms with Crippen molar-refractivity contribution in [2.75, 3.05) is 0 Å². The van der Waals surface area contributed by atoms with E-state index in [0.717, 1.165) is 23.0 Å². The molecule has 0 amide bonds. The van der Waals surface area contributed by atoms with Crippen LogP contribution in [0.25, 0.3) is 11.0 Å². The number of Topliss-reactive ketones (excluding diaryl/α,β-unsaturated/α-hetero) is 1. The second kappa shape index (κ2) is 4.30. The van der Waals surface area contributed by atoms with Gasteiger partial charge in [0.05, 0.1) is 6.26 Å². The van der Waals surface area contributed by atoms with Gasteiger partial charge in [0, 0.05) is 18.2 Å². The van der Waals surface area contributed by atoms with Crippen molar-refractivity contribution in [2.24, 2.45) is 0 Å². The fraction of sp³-hybridized carbons (Fsp3) is 0.308. The van der Waals surface area contributed by atoms with Crippen LogP contribution >= 0.6 is 0 Å². The molecule has 0 spiro atoms. The molecular weight excluding hydrogens is 188 g/mol. The summed E-state index contributed by atoms with van der Waals surface area (Å²) < 4.78 is 5.24. The lowest BCUT2D eigenvalue weighted by Crippen LogP contribution is -2.01. The van der Waals surface area contributed by atoms with E-state index in [-0.39, 0.29) is 0 Å². The van der Waals surface area contributed by atoms with Gasteiger partial charge in [-0.2, -0.15) is 0 Å². The van der Waals surface area contributed by atoms with Gasteiger partial charge in [0.1, 0.15) is 11.4 Å². The van der Waals surface area contributed by atoms with Gasteiger partial charge in [-0.1, -0.05) is 13.0 Å². The molecule has 0 aliphatic rings. The summed E-state index contributed by atoms with van der Waals surface area (Å²) in [4.78, 5) is 11.5. The molecule has 78 valence electrons. The maximum atomic E-state index is 11.5. The van der Waals surface area contributed by atoms with Gasteiger partial charge in [-0.3, -0.25) is 4.79 Å². The molecule has 15 heavy (non-hydrogen) atoms. The zero-order valence-corrected chi connectivity index (χ0v) is 8.82. The van der Waals surface area contributed by atoms with E-state index in [1.165, 1.54) is 0 Å². The lowest BCUT2D eigenvalue weighted by atomic mass is 10.0. The Morgan fingerprint density at radius 2 is 2.20 bits per heavy atom. The Kier molecular flexibility index (Phi) is 2.86. The average Bonchev–Trinajstić information content (AvgIpc) is 2.65. The molecule has 0 aliphatic carbocycles. The fourth-order valence-electron chi connectivity index (χ4n) is 1.72. The monoisotopic (exact) mass is 202 g/mol. The second-order valence-electron chi connectivity index (χ2n) is 3.76. The number of furan rings is 1.